The highest BCUT2D eigenvalue weighted by Crippen LogP contribution is 2.44. The van der Waals surface area contributed by atoms with E-state index in [1.165, 1.54) is 19.1 Å². The second-order valence-electron chi connectivity index (χ2n) is 7.53. The van der Waals surface area contributed by atoms with E-state index < -0.39 is 102 Å². The van der Waals surface area contributed by atoms with Gasteiger partial charge in [0.1, 0.15) is 18.0 Å². The maximum Gasteiger partial charge on any atom is 0.191 e. The van der Waals surface area contributed by atoms with Crippen molar-refractivity contribution in [2.24, 2.45) is 0 Å². The van der Waals surface area contributed by atoms with Crippen LogP contribution in [0.25, 0.3) is 11.2 Å². The second-order valence-corrected chi connectivity index (χ2v) is 8.30. The van der Waals surface area contributed by atoms with Crippen LogP contribution in [0.1, 0.15) is 69.6 Å². The van der Waals surface area contributed by atoms with Gasteiger partial charge in [-0.2, -0.15) is 0 Å². The van der Waals surface area contributed by atoms with Gasteiger partial charge in [0.05, 0.1) is 33.5 Å². The first-order valence-corrected chi connectivity index (χ1v) is 11.3. The zero-order chi connectivity index (χ0) is 39.0. The van der Waals surface area contributed by atoms with Crippen LogP contribution in [0.3, 0.4) is 0 Å². The Morgan fingerprint density at radius 1 is 1.33 bits per heavy atom. The van der Waals surface area contributed by atoms with Gasteiger partial charge in [0.15, 0.2) is 22.1 Å². The minimum atomic E-state index is -4.17. The molecule has 1 aromatic carbocycles. The maximum atomic E-state index is 14.5. The highest BCUT2D eigenvalue weighted by molar-refractivity contribution is 7.99. The number of aromatic nitrogens is 5. The molecule has 0 radical (unpaired) electrons. The van der Waals surface area contributed by atoms with Crippen LogP contribution in [-0.2, 0) is 4.74 Å². The summed E-state index contributed by atoms with van der Waals surface area (Å²) in [5, 5.41) is 41.0. The number of aryl methyl sites for hydroxylation is 1. The molecule has 12 heteroatoms. The summed E-state index contributed by atoms with van der Waals surface area (Å²) in [6, 6.07) is -1.81. The van der Waals surface area contributed by atoms with Crippen molar-refractivity contribution in [1.82, 2.24) is 25.0 Å². The van der Waals surface area contributed by atoms with Gasteiger partial charge in [-0.3, -0.25) is 0 Å². The van der Waals surface area contributed by atoms with Crippen molar-refractivity contribution < 1.29 is 45.0 Å². The smallest absolute Gasteiger partial charge is 0.191 e. The molecular weight excluding hydrogens is 487 g/mol. The molecule has 2 aromatic heterocycles. The molecule has 6 atom stereocenters. The third kappa shape index (κ3) is 4.92. The molecule has 2 fully saturated rings. The van der Waals surface area contributed by atoms with Crippen LogP contribution >= 0.6 is 11.8 Å². The molecule has 0 amide bonds. The number of halogens is 1. The van der Waals surface area contributed by atoms with E-state index in [9.17, 15) is 19.7 Å². The first-order valence-electron chi connectivity index (χ1n) is 17.9. The van der Waals surface area contributed by atoms with Gasteiger partial charge in [-0.25, -0.2) is 19.0 Å². The Balaban J connectivity index is 1.72. The fourth-order valence-electron chi connectivity index (χ4n) is 3.37. The van der Waals surface area contributed by atoms with Crippen molar-refractivity contribution in [2.75, 3.05) is 24.2 Å². The Morgan fingerprint density at radius 3 is 2.92 bits per heavy atom. The molecule has 194 valence electrons. The van der Waals surface area contributed by atoms with Gasteiger partial charge in [0.2, 0.25) is 0 Å². The van der Waals surface area contributed by atoms with Gasteiger partial charge in [-0.1, -0.05) is 36.0 Å². The van der Waals surface area contributed by atoms with Gasteiger partial charge in [0.25, 0.3) is 0 Å². The first-order chi connectivity index (χ1) is 22.8. The van der Waals surface area contributed by atoms with Crippen LogP contribution in [0, 0.1) is 12.7 Å². The number of fused-ring (bicyclic) bond motifs is 1. The highest BCUT2D eigenvalue weighted by Gasteiger charge is 2.45. The topological polar surface area (TPSA) is 138 Å². The minimum absolute atomic E-state index is 0.0417. The Morgan fingerprint density at radius 2 is 2.17 bits per heavy atom. The van der Waals surface area contributed by atoms with Gasteiger partial charge >= 0.3 is 0 Å². The Hall–Kier alpha value is -2.38. The van der Waals surface area contributed by atoms with Crippen molar-refractivity contribution in [3.05, 3.63) is 35.1 Å². The van der Waals surface area contributed by atoms with Gasteiger partial charge < -0.3 is 25.4 Å². The van der Waals surface area contributed by atoms with E-state index in [1.54, 1.807) is 0 Å². The Kier molecular flexibility index (Phi) is 3.78. The third-order valence-electron chi connectivity index (χ3n) is 5.18. The Bertz CT molecular complexity index is 1900. The number of nitrogens with one attached hydrogen (secondary N) is 1. The standard InChI is InChI=1S/C24H31FN6O4S/c1-3-8-36-24-27-22(26-16-10-14(16)13-5-4-12(2)15(25)9-13)19-23(28-24)31(30-29-19)17-11-18(35-7-6-32)21(34)20(17)33/h4-5,9,14,16-18,20-21,32-34H,3,6-8,10-11H2,1-2H3,(H,26,27,28)/t14-,16+,17+,18-,20-,21+/m0/s1/i3D2,6D2,8D2,10D2,11D2,14D,17D,18D,20D,21D. The molecule has 36 heavy (non-hydrogen) atoms. The van der Waals surface area contributed by atoms with Gasteiger partial charge in [0, 0.05) is 36.4 Å². The monoisotopic (exact) mass is 533 g/mol. The number of anilines is 1. The summed E-state index contributed by atoms with van der Waals surface area (Å²) in [6.45, 7) is -2.53. The molecule has 10 nitrogen and oxygen atoms in total. The molecule has 0 aliphatic heterocycles. The average Bonchev–Trinajstić information content (AvgIpc) is 3.21. The molecule has 2 heterocycles. The summed E-state index contributed by atoms with van der Waals surface area (Å²) in [7, 11) is 0. The van der Waals surface area contributed by atoms with E-state index in [0.717, 1.165) is 13.0 Å². The zero-order valence-corrected chi connectivity index (χ0v) is 19.6. The van der Waals surface area contributed by atoms with Crippen LogP contribution < -0.4 is 5.32 Å². The number of rotatable bonds is 10. The molecule has 2 aliphatic rings. The fourth-order valence-corrected chi connectivity index (χ4v) is 3.83. The molecule has 5 rings (SSSR count). The molecule has 0 spiro atoms. The SMILES string of the molecule is [2H]C([2H])(O)CO[C@@]1([2H])C([2H])([2H])[C@@]([2H])(n2nnc3c(N[C@@H]4C([2H])([2H])[C@@]4([2H])c4ccc(C)c(F)c4)nc(SC([2H])([2H])C([2H])([2H])C)nc32)[C@]([2H])(O)[C@]1([2H])O. The quantitative estimate of drug-likeness (QED) is 0.227. The van der Waals surface area contributed by atoms with Crippen molar-refractivity contribution in [2.45, 2.75) is 74.3 Å². The van der Waals surface area contributed by atoms with Crippen LogP contribution in [0.5, 0.6) is 0 Å². The lowest BCUT2D eigenvalue weighted by atomic mass is 10.1. The van der Waals surface area contributed by atoms with E-state index in [0.29, 0.717) is 0 Å². The molecule has 0 bridgehead atoms. The third-order valence-corrected chi connectivity index (χ3v) is 5.85. The lowest BCUT2D eigenvalue weighted by Gasteiger charge is -2.17. The van der Waals surface area contributed by atoms with Crippen LogP contribution in [-0.4, -0.2) is 83.4 Å². The number of aliphatic hydroxyl groups is 3. The summed E-state index contributed by atoms with van der Waals surface area (Å²) < 4.78 is 144. The lowest BCUT2D eigenvalue weighted by molar-refractivity contribution is -0.0629. The highest BCUT2D eigenvalue weighted by atomic mass is 32.2. The molecule has 4 N–H and O–H groups in total. The molecule has 2 saturated carbocycles. The fraction of sp³-hybridized carbons (Fsp3) is 0.583. The summed E-state index contributed by atoms with van der Waals surface area (Å²) in [4.78, 5) is 8.10. The summed E-state index contributed by atoms with van der Waals surface area (Å²) in [5.74, 6) is -3.48. The van der Waals surface area contributed by atoms with Gasteiger partial charge in [-0.15, -0.1) is 5.10 Å². The number of ether oxygens (including phenoxy) is 1. The van der Waals surface area contributed by atoms with Crippen molar-refractivity contribution in [3.63, 3.8) is 0 Å². The normalized spacial score (nSPS) is 47.9. The molecular formula is C24H31FN6O4S. The number of hydrogen-bond acceptors (Lipinski definition) is 10. The molecule has 2 aliphatic carbocycles. The lowest BCUT2D eigenvalue weighted by Crippen LogP contribution is -2.33. The van der Waals surface area contributed by atoms with E-state index in [2.05, 4.69) is 25.6 Å². The van der Waals surface area contributed by atoms with Crippen molar-refractivity contribution in [3.8, 4) is 0 Å². The molecule has 3 aromatic rings. The predicted molar refractivity (Wildman–Crippen MR) is 133 cm³/mol. The van der Waals surface area contributed by atoms with Crippen LogP contribution in [0.4, 0.5) is 10.2 Å². The first kappa shape index (κ1) is 12.9. The van der Waals surface area contributed by atoms with Crippen molar-refractivity contribution >= 4 is 28.7 Å². The number of hydrogen-bond donors (Lipinski definition) is 4. The zero-order valence-electron chi connectivity index (χ0n) is 33.8. The maximum absolute atomic E-state index is 14.5. The Labute approximate surface area is 233 Å². The molecule has 0 unspecified atom stereocenters. The second kappa shape index (κ2) is 10.5. The number of nitrogens with zero attached hydrogens (tertiary/aromatic N) is 5. The van der Waals surface area contributed by atoms with E-state index in [4.69, 9.17) is 25.3 Å². The van der Waals surface area contributed by atoms with E-state index in [-0.39, 0.29) is 27.6 Å². The van der Waals surface area contributed by atoms with E-state index >= 15 is 0 Å². The number of benzene rings is 1. The van der Waals surface area contributed by atoms with Crippen molar-refractivity contribution in [1.29, 1.82) is 0 Å². The predicted octanol–water partition coefficient (Wildman–Crippen LogP) is 2.18. The number of thioether (sulfide) groups is 1. The van der Waals surface area contributed by atoms with E-state index in [1.807, 2.05) is 0 Å². The summed E-state index contributed by atoms with van der Waals surface area (Å²) >= 11 is 0.0479. The van der Waals surface area contributed by atoms with Crippen LogP contribution in [0.2, 0.25) is 0 Å². The largest absolute Gasteiger partial charge is 0.394 e. The summed E-state index contributed by atoms with van der Waals surface area (Å²) in [5.41, 5.74) is -4.18. The molecule has 0 saturated heterocycles. The van der Waals surface area contributed by atoms with Crippen LogP contribution in [0.15, 0.2) is 23.4 Å². The average molecular weight is 534 g/mol. The summed E-state index contributed by atoms with van der Waals surface area (Å²) in [6.07, 6.45) is -21.2. The minimum Gasteiger partial charge on any atom is -0.394 e. The van der Waals surface area contributed by atoms with Gasteiger partial charge in [-0.05, 0) is 36.9 Å².